The molecule has 6 nitrogen and oxygen atoms in total. The first kappa shape index (κ1) is 17.6. The molecule has 2 rings (SSSR count). The molecule has 6 heteroatoms. The summed E-state index contributed by atoms with van der Waals surface area (Å²) in [6.07, 6.45) is 0.412. The predicted octanol–water partition coefficient (Wildman–Crippen LogP) is 1.76. The number of aliphatic hydroxyl groups is 1. The third-order valence-corrected chi connectivity index (χ3v) is 3.44. The Morgan fingerprint density at radius 1 is 1.21 bits per heavy atom. The lowest BCUT2D eigenvalue weighted by Crippen LogP contribution is -2.34. The van der Waals surface area contributed by atoms with Crippen LogP contribution >= 0.6 is 0 Å². The van der Waals surface area contributed by atoms with Gasteiger partial charge in [-0.25, -0.2) is 0 Å². The number of aromatic amines is 1. The quantitative estimate of drug-likeness (QED) is 0.779. The van der Waals surface area contributed by atoms with Crippen molar-refractivity contribution in [1.29, 1.82) is 0 Å². The van der Waals surface area contributed by atoms with Crippen LogP contribution in [0.3, 0.4) is 0 Å². The fourth-order valence-electron chi connectivity index (χ4n) is 2.25. The van der Waals surface area contributed by atoms with Crippen molar-refractivity contribution in [1.82, 2.24) is 10.3 Å². The second kappa shape index (κ2) is 7.70. The maximum Gasteiger partial charge on any atom is 0.263 e. The topological polar surface area (TPSA) is 99.3 Å². The molecule has 0 spiro atoms. The Morgan fingerprint density at radius 3 is 2.46 bits per heavy atom. The lowest BCUT2D eigenvalue weighted by atomic mass is 10.1. The SMILES string of the molecule is CC(C)CC(=O)NC(=O)c1c[nH]c(C(O)c2ccccc2)cc1=O. The minimum absolute atomic E-state index is 0.111. The van der Waals surface area contributed by atoms with Crippen molar-refractivity contribution in [3.63, 3.8) is 0 Å². The van der Waals surface area contributed by atoms with E-state index in [0.717, 1.165) is 0 Å². The molecule has 0 radical (unpaired) electrons. The van der Waals surface area contributed by atoms with Gasteiger partial charge in [0.15, 0.2) is 5.43 Å². The minimum atomic E-state index is -1.00. The number of aliphatic hydroxyl groups excluding tert-OH is 1. The molecule has 0 bridgehead atoms. The number of amides is 2. The van der Waals surface area contributed by atoms with Crippen molar-refractivity contribution in [3.05, 3.63) is 69.6 Å². The molecule has 0 saturated carbocycles. The number of aromatic nitrogens is 1. The Morgan fingerprint density at radius 2 is 1.88 bits per heavy atom. The second-order valence-electron chi connectivity index (χ2n) is 5.95. The number of H-pyrrole nitrogens is 1. The number of hydrogen-bond donors (Lipinski definition) is 3. The molecule has 0 aliphatic carbocycles. The Bertz CT molecular complexity index is 781. The first-order valence-electron chi connectivity index (χ1n) is 7.68. The minimum Gasteiger partial charge on any atom is -0.382 e. The highest BCUT2D eigenvalue weighted by Crippen LogP contribution is 2.18. The van der Waals surface area contributed by atoms with Gasteiger partial charge < -0.3 is 10.1 Å². The fraction of sp³-hybridized carbons (Fsp3) is 0.278. The van der Waals surface area contributed by atoms with Gasteiger partial charge in [-0.15, -0.1) is 0 Å². The van der Waals surface area contributed by atoms with E-state index in [9.17, 15) is 19.5 Å². The van der Waals surface area contributed by atoms with Gasteiger partial charge in [-0.05, 0) is 11.5 Å². The molecule has 3 N–H and O–H groups in total. The first-order chi connectivity index (χ1) is 11.4. The summed E-state index contributed by atoms with van der Waals surface area (Å²) < 4.78 is 0. The highest BCUT2D eigenvalue weighted by atomic mass is 16.3. The zero-order chi connectivity index (χ0) is 17.7. The van der Waals surface area contributed by atoms with Gasteiger partial charge in [-0.1, -0.05) is 44.2 Å². The molecular weight excluding hydrogens is 308 g/mol. The van der Waals surface area contributed by atoms with Crippen LogP contribution in [-0.2, 0) is 4.79 Å². The zero-order valence-electron chi connectivity index (χ0n) is 13.6. The summed E-state index contributed by atoms with van der Waals surface area (Å²) in [5, 5.41) is 12.5. The van der Waals surface area contributed by atoms with Crippen LogP contribution in [0.4, 0.5) is 0 Å². The van der Waals surface area contributed by atoms with Crippen LogP contribution in [-0.4, -0.2) is 21.9 Å². The summed E-state index contributed by atoms with van der Waals surface area (Å²) in [5.74, 6) is -1.06. The lowest BCUT2D eigenvalue weighted by Gasteiger charge is -2.12. The summed E-state index contributed by atoms with van der Waals surface area (Å²) >= 11 is 0. The number of pyridine rings is 1. The third-order valence-electron chi connectivity index (χ3n) is 3.44. The van der Waals surface area contributed by atoms with Crippen molar-refractivity contribution in [2.75, 3.05) is 0 Å². The summed E-state index contributed by atoms with van der Waals surface area (Å²) in [7, 11) is 0. The smallest absolute Gasteiger partial charge is 0.263 e. The Balaban J connectivity index is 2.16. The number of benzene rings is 1. The molecule has 0 saturated heterocycles. The van der Waals surface area contributed by atoms with Gasteiger partial charge in [0.2, 0.25) is 5.91 Å². The molecule has 0 fully saturated rings. The zero-order valence-corrected chi connectivity index (χ0v) is 13.6. The van der Waals surface area contributed by atoms with Crippen LogP contribution < -0.4 is 10.7 Å². The average molecular weight is 328 g/mol. The Labute approximate surface area is 139 Å². The normalized spacial score (nSPS) is 12.0. The van der Waals surface area contributed by atoms with E-state index in [-0.39, 0.29) is 23.6 Å². The molecule has 126 valence electrons. The Hall–Kier alpha value is -2.73. The van der Waals surface area contributed by atoms with E-state index < -0.39 is 23.3 Å². The lowest BCUT2D eigenvalue weighted by molar-refractivity contribution is -0.120. The van der Waals surface area contributed by atoms with Crippen LogP contribution in [0.5, 0.6) is 0 Å². The van der Waals surface area contributed by atoms with Crippen molar-refractivity contribution >= 4 is 11.8 Å². The number of rotatable bonds is 5. The van der Waals surface area contributed by atoms with Crippen molar-refractivity contribution < 1.29 is 14.7 Å². The molecule has 1 aromatic heterocycles. The number of carbonyl (C=O) groups is 2. The number of nitrogens with one attached hydrogen (secondary N) is 2. The second-order valence-corrected chi connectivity index (χ2v) is 5.95. The van der Waals surface area contributed by atoms with Crippen molar-refractivity contribution in [3.8, 4) is 0 Å². The van der Waals surface area contributed by atoms with Gasteiger partial charge in [-0.3, -0.25) is 19.7 Å². The molecule has 2 aromatic rings. The van der Waals surface area contributed by atoms with Crippen LogP contribution in [0.1, 0.15) is 48.0 Å². The Kier molecular flexibility index (Phi) is 5.65. The summed E-state index contributed by atoms with van der Waals surface area (Å²) in [5.41, 5.74) is 0.165. The fourth-order valence-corrected chi connectivity index (χ4v) is 2.25. The summed E-state index contributed by atoms with van der Waals surface area (Å²) in [6, 6.07) is 10.0. The largest absolute Gasteiger partial charge is 0.382 e. The molecule has 1 atom stereocenters. The van der Waals surface area contributed by atoms with Crippen LogP contribution in [0.15, 0.2) is 47.4 Å². The van der Waals surface area contributed by atoms with Gasteiger partial charge in [-0.2, -0.15) is 0 Å². The summed E-state index contributed by atoms with van der Waals surface area (Å²) in [4.78, 5) is 38.5. The molecule has 1 unspecified atom stereocenters. The molecule has 0 aliphatic heterocycles. The molecular formula is C18H20N2O4. The van der Waals surface area contributed by atoms with E-state index in [1.54, 1.807) is 24.3 Å². The maximum absolute atomic E-state index is 12.1. The number of imide groups is 1. The van der Waals surface area contributed by atoms with Gasteiger partial charge in [0.25, 0.3) is 5.91 Å². The monoisotopic (exact) mass is 328 g/mol. The van der Waals surface area contributed by atoms with E-state index in [0.29, 0.717) is 5.56 Å². The van der Waals surface area contributed by atoms with Crippen LogP contribution in [0, 0.1) is 5.92 Å². The van der Waals surface area contributed by atoms with E-state index in [2.05, 4.69) is 10.3 Å². The van der Waals surface area contributed by atoms with Gasteiger partial charge >= 0.3 is 0 Å². The van der Waals surface area contributed by atoms with Crippen LogP contribution in [0.25, 0.3) is 0 Å². The molecule has 2 amide bonds. The van der Waals surface area contributed by atoms with E-state index in [4.69, 9.17) is 0 Å². The molecule has 1 aromatic carbocycles. The molecule has 1 heterocycles. The maximum atomic E-state index is 12.1. The number of hydrogen-bond acceptors (Lipinski definition) is 4. The van der Waals surface area contributed by atoms with E-state index in [1.807, 2.05) is 19.9 Å². The molecule has 0 aliphatic rings. The van der Waals surface area contributed by atoms with E-state index >= 15 is 0 Å². The standard InChI is InChI=1S/C18H20N2O4/c1-11(2)8-16(22)20-18(24)13-10-19-14(9-15(13)21)17(23)12-6-4-3-5-7-12/h3-7,9-11,17,23H,8H2,1-2H3,(H,19,21)(H,20,22,24). The molecule has 24 heavy (non-hydrogen) atoms. The van der Waals surface area contributed by atoms with Gasteiger partial charge in [0.05, 0.1) is 5.69 Å². The van der Waals surface area contributed by atoms with Crippen molar-refractivity contribution in [2.45, 2.75) is 26.4 Å². The van der Waals surface area contributed by atoms with Gasteiger partial charge in [0, 0.05) is 18.7 Å². The highest BCUT2D eigenvalue weighted by Gasteiger charge is 2.17. The highest BCUT2D eigenvalue weighted by molar-refractivity contribution is 6.04. The predicted molar refractivity (Wildman–Crippen MR) is 89.5 cm³/mol. The third kappa shape index (κ3) is 4.39. The average Bonchev–Trinajstić information content (AvgIpc) is 2.53. The number of carbonyl (C=O) groups excluding carboxylic acids is 2. The van der Waals surface area contributed by atoms with Crippen LogP contribution in [0.2, 0.25) is 0 Å². The van der Waals surface area contributed by atoms with Crippen molar-refractivity contribution in [2.24, 2.45) is 5.92 Å². The van der Waals surface area contributed by atoms with E-state index in [1.165, 1.54) is 12.3 Å². The van der Waals surface area contributed by atoms with Gasteiger partial charge in [0.1, 0.15) is 11.7 Å². The summed E-state index contributed by atoms with van der Waals surface area (Å²) in [6.45, 7) is 3.72. The first-order valence-corrected chi connectivity index (χ1v) is 7.68.